The van der Waals surface area contributed by atoms with Gasteiger partial charge >= 0.3 is 0 Å². The average Bonchev–Trinajstić information content (AvgIpc) is 2.74. The van der Waals surface area contributed by atoms with E-state index in [4.69, 9.17) is 14.6 Å². The zero-order valence-electron chi connectivity index (χ0n) is 6.69. The summed E-state index contributed by atoms with van der Waals surface area (Å²) in [5.74, 6) is 0.0916. The summed E-state index contributed by atoms with van der Waals surface area (Å²) in [4.78, 5) is 10.9. The molecule has 0 spiro atoms. The number of hydrogen-bond donors (Lipinski definition) is 1. The Kier molecular flexibility index (Phi) is 1.66. The van der Waals surface area contributed by atoms with Gasteiger partial charge in [-0.3, -0.25) is 4.79 Å². The van der Waals surface area contributed by atoms with Gasteiger partial charge in [-0.2, -0.15) is 0 Å². The maximum Gasteiger partial charge on any atom is 0.285 e. The second-order valence-corrected chi connectivity index (χ2v) is 2.50. The maximum absolute atomic E-state index is 10.9. The van der Waals surface area contributed by atoms with E-state index in [1.165, 1.54) is 12.5 Å². The third-order valence-electron chi connectivity index (χ3n) is 1.68. The van der Waals surface area contributed by atoms with E-state index in [-0.39, 0.29) is 5.76 Å². The largest absolute Gasteiger partial charge is 0.464 e. The van der Waals surface area contributed by atoms with Crippen LogP contribution in [0.2, 0.25) is 0 Å². The van der Waals surface area contributed by atoms with E-state index in [2.05, 4.69) is 0 Å². The van der Waals surface area contributed by atoms with Crippen LogP contribution in [0.1, 0.15) is 10.6 Å². The molecule has 0 radical (unpaired) electrons. The highest BCUT2D eigenvalue weighted by Crippen LogP contribution is 2.24. The number of carbonyl (C=O) groups excluding carboxylic acids is 1. The van der Waals surface area contributed by atoms with Crippen LogP contribution in [-0.2, 0) is 0 Å². The lowest BCUT2D eigenvalue weighted by Gasteiger charge is -1.93. The number of hydrogen-bond acceptors (Lipinski definition) is 3. The Balaban J connectivity index is 2.52. The minimum atomic E-state index is -0.601. The first-order valence-electron chi connectivity index (χ1n) is 3.70. The maximum atomic E-state index is 10.9. The molecule has 0 atom stereocenters. The molecule has 0 saturated heterocycles. The summed E-state index contributed by atoms with van der Waals surface area (Å²) in [5, 5.41) is 0. The summed E-state index contributed by atoms with van der Waals surface area (Å²) in [6.45, 7) is 0. The molecule has 0 fully saturated rings. The summed E-state index contributed by atoms with van der Waals surface area (Å²) >= 11 is 0. The molecule has 0 saturated carbocycles. The van der Waals surface area contributed by atoms with E-state index >= 15 is 0 Å². The molecule has 13 heavy (non-hydrogen) atoms. The lowest BCUT2D eigenvalue weighted by Crippen LogP contribution is -2.10. The number of amides is 1. The Morgan fingerprint density at radius 3 is 2.69 bits per heavy atom. The molecule has 2 aromatic rings. The van der Waals surface area contributed by atoms with Gasteiger partial charge in [-0.15, -0.1) is 0 Å². The first-order valence-corrected chi connectivity index (χ1v) is 3.70. The molecule has 2 aromatic heterocycles. The van der Waals surface area contributed by atoms with Crippen molar-refractivity contribution in [3.8, 4) is 11.3 Å². The average molecular weight is 177 g/mol. The summed E-state index contributed by atoms with van der Waals surface area (Å²) in [5.41, 5.74) is 5.67. The van der Waals surface area contributed by atoms with Gasteiger partial charge in [-0.1, -0.05) is 0 Å². The molecular weight excluding hydrogens is 170 g/mol. The van der Waals surface area contributed by atoms with Gasteiger partial charge in [0.15, 0.2) is 0 Å². The van der Waals surface area contributed by atoms with Crippen LogP contribution in [0.4, 0.5) is 0 Å². The number of carbonyl (C=O) groups is 1. The van der Waals surface area contributed by atoms with Crippen molar-refractivity contribution in [3.05, 3.63) is 36.5 Å². The molecule has 0 bridgehead atoms. The second-order valence-electron chi connectivity index (χ2n) is 2.50. The van der Waals surface area contributed by atoms with Gasteiger partial charge < -0.3 is 14.6 Å². The van der Waals surface area contributed by atoms with E-state index in [9.17, 15) is 4.79 Å². The molecular formula is C9H7NO3. The van der Waals surface area contributed by atoms with Crippen LogP contribution in [0, 0.1) is 0 Å². The Morgan fingerprint density at radius 1 is 1.23 bits per heavy atom. The SMILES string of the molecule is NC(=O)c1occc1-c1ccco1. The highest BCUT2D eigenvalue weighted by Gasteiger charge is 2.14. The number of primary amides is 1. The van der Waals surface area contributed by atoms with Crippen LogP contribution in [0.25, 0.3) is 11.3 Å². The normalized spacial score (nSPS) is 10.2. The zero-order chi connectivity index (χ0) is 9.26. The third-order valence-corrected chi connectivity index (χ3v) is 1.68. The summed E-state index contributed by atoms with van der Waals surface area (Å²) < 4.78 is 10.0. The van der Waals surface area contributed by atoms with Crippen molar-refractivity contribution >= 4 is 5.91 Å². The van der Waals surface area contributed by atoms with Crippen LogP contribution in [0.15, 0.2) is 39.6 Å². The highest BCUT2D eigenvalue weighted by molar-refractivity contribution is 5.96. The van der Waals surface area contributed by atoms with Crippen LogP contribution in [0.3, 0.4) is 0 Å². The molecule has 2 N–H and O–H groups in total. The van der Waals surface area contributed by atoms with Gasteiger partial charge in [0, 0.05) is 0 Å². The van der Waals surface area contributed by atoms with Crippen LogP contribution >= 0.6 is 0 Å². The van der Waals surface area contributed by atoms with Crippen molar-refractivity contribution in [2.75, 3.05) is 0 Å². The van der Waals surface area contributed by atoms with Gasteiger partial charge in [-0.25, -0.2) is 0 Å². The quantitative estimate of drug-likeness (QED) is 0.757. The zero-order valence-corrected chi connectivity index (χ0v) is 6.69. The van der Waals surface area contributed by atoms with E-state index in [1.54, 1.807) is 18.2 Å². The van der Waals surface area contributed by atoms with E-state index in [0.29, 0.717) is 11.3 Å². The lowest BCUT2D eigenvalue weighted by molar-refractivity contribution is 0.0974. The fourth-order valence-corrected chi connectivity index (χ4v) is 1.13. The molecule has 4 heteroatoms. The molecule has 2 rings (SSSR count). The molecule has 1 amide bonds. The molecule has 66 valence electrons. The topological polar surface area (TPSA) is 69.4 Å². The summed E-state index contributed by atoms with van der Waals surface area (Å²) in [6.07, 6.45) is 2.92. The standard InChI is InChI=1S/C9H7NO3/c10-9(11)8-6(3-5-13-8)7-2-1-4-12-7/h1-5H,(H2,10,11). The highest BCUT2D eigenvalue weighted by atomic mass is 16.3. The first kappa shape index (κ1) is 7.67. The summed E-state index contributed by atoms with van der Waals surface area (Å²) in [7, 11) is 0. The van der Waals surface area contributed by atoms with E-state index in [0.717, 1.165) is 0 Å². The Hall–Kier alpha value is -1.97. The molecule has 4 nitrogen and oxygen atoms in total. The van der Waals surface area contributed by atoms with Crippen LogP contribution in [-0.4, -0.2) is 5.91 Å². The van der Waals surface area contributed by atoms with Crippen molar-refractivity contribution < 1.29 is 13.6 Å². The number of nitrogens with two attached hydrogens (primary N) is 1. The van der Waals surface area contributed by atoms with Crippen molar-refractivity contribution in [1.82, 2.24) is 0 Å². The molecule has 0 aromatic carbocycles. The third kappa shape index (κ3) is 1.22. The molecule has 2 heterocycles. The van der Waals surface area contributed by atoms with Gasteiger partial charge in [0.2, 0.25) is 5.76 Å². The van der Waals surface area contributed by atoms with E-state index < -0.39 is 5.91 Å². The fraction of sp³-hybridized carbons (Fsp3) is 0. The van der Waals surface area contributed by atoms with Crippen molar-refractivity contribution in [2.24, 2.45) is 5.73 Å². The van der Waals surface area contributed by atoms with Gasteiger partial charge in [-0.05, 0) is 18.2 Å². The van der Waals surface area contributed by atoms with Crippen LogP contribution < -0.4 is 5.73 Å². The first-order chi connectivity index (χ1) is 6.29. The second kappa shape index (κ2) is 2.82. The Bertz CT molecular complexity index is 414. The fourth-order valence-electron chi connectivity index (χ4n) is 1.13. The number of rotatable bonds is 2. The summed E-state index contributed by atoms with van der Waals surface area (Å²) in [6, 6.07) is 5.10. The van der Waals surface area contributed by atoms with Gasteiger partial charge in [0.05, 0.1) is 18.1 Å². The van der Waals surface area contributed by atoms with Crippen molar-refractivity contribution in [2.45, 2.75) is 0 Å². The Labute approximate surface area is 73.9 Å². The monoisotopic (exact) mass is 177 g/mol. The van der Waals surface area contributed by atoms with Crippen molar-refractivity contribution in [1.29, 1.82) is 0 Å². The van der Waals surface area contributed by atoms with Gasteiger partial charge in [0.25, 0.3) is 5.91 Å². The molecule has 0 aliphatic heterocycles. The van der Waals surface area contributed by atoms with Gasteiger partial charge in [0.1, 0.15) is 5.76 Å². The molecule has 0 aliphatic carbocycles. The predicted octanol–water partition coefficient (Wildman–Crippen LogP) is 1.64. The number of furan rings is 2. The molecule has 0 aliphatic rings. The predicted molar refractivity (Wildman–Crippen MR) is 44.9 cm³/mol. The van der Waals surface area contributed by atoms with Crippen LogP contribution in [0.5, 0.6) is 0 Å². The van der Waals surface area contributed by atoms with Crippen molar-refractivity contribution in [3.63, 3.8) is 0 Å². The smallest absolute Gasteiger partial charge is 0.285 e. The lowest BCUT2D eigenvalue weighted by atomic mass is 10.2. The Morgan fingerprint density at radius 2 is 2.08 bits per heavy atom. The van der Waals surface area contributed by atoms with E-state index in [1.807, 2.05) is 0 Å². The molecule has 0 unspecified atom stereocenters. The minimum absolute atomic E-state index is 0.120. The minimum Gasteiger partial charge on any atom is -0.464 e.